The first-order valence-electron chi connectivity index (χ1n) is 6.95. The highest BCUT2D eigenvalue weighted by Gasteiger charge is 2.19. The van der Waals surface area contributed by atoms with Crippen molar-refractivity contribution in [3.05, 3.63) is 35.0 Å². The number of nitrogens with zero attached hydrogens (tertiary/aromatic N) is 1. The van der Waals surface area contributed by atoms with E-state index < -0.39 is 9.84 Å². The van der Waals surface area contributed by atoms with E-state index in [2.05, 4.69) is 16.0 Å². The Hall–Kier alpha value is -1.66. The van der Waals surface area contributed by atoms with Crippen LogP contribution in [0.2, 0.25) is 0 Å². The van der Waals surface area contributed by atoms with Crippen LogP contribution in [-0.2, 0) is 22.8 Å². The smallest absolute Gasteiger partial charge is 0.166 e. The molecule has 0 amide bonds. The number of hydrogen-bond donors (Lipinski definition) is 1. The fourth-order valence-corrected chi connectivity index (χ4v) is 3.50. The third-order valence-corrected chi connectivity index (χ3v) is 4.93. The minimum absolute atomic E-state index is 0.198. The van der Waals surface area contributed by atoms with Crippen LogP contribution in [0, 0.1) is 0 Å². The summed E-state index contributed by atoms with van der Waals surface area (Å²) in [6.45, 7) is 2.19. The maximum Gasteiger partial charge on any atom is 0.166 e. The molecule has 1 aromatic carbocycles. The van der Waals surface area contributed by atoms with E-state index in [9.17, 15) is 13.2 Å². The summed E-state index contributed by atoms with van der Waals surface area (Å²) in [5, 5.41) is 1.11. The van der Waals surface area contributed by atoms with Gasteiger partial charge >= 0.3 is 0 Å². The van der Waals surface area contributed by atoms with Gasteiger partial charge in [-0.1, -0.05) is 6.07 Å². The fourth-order valence-electron chi connectivity index (χ4n) is 2.91. The predicted octanol–water partition coefficient (Wildman–Crippen LogP) is 1.38. The lowest BCUT2D eigenvalue weighted by atomic mass is 9.96. The van der Waals surface area contributed by atoms with Crippen LogP contribution in [0.5, 0.6) is 0 Å². The van der Waals surface area contributed by atoms with Crippen LogP contribution in [0.4, 0.5) is 0 Å². The molecule has 0 saturated heterocycles. The van der Waals surface area contributed by atoms with Crippen molar-refractivity contribution in [1.82, 2.24) is 9.88 Å². The second kappa shape index (κ2) is 5.27. The van der Waals surface area contributed by atoms with Crippen LogP contribution in [0.25, 0.3) is 10.9 Å². The Morgan fingerprint density at radius 2 is 2.19 bits per heavy atom. The number of carbonyl (C=O) groups excluding carboxylic acids is 1. The Kier molecular flexibility index (Phi) is 3.59. The van der Waals surface area contributed by atoms with E-state index in [1.807, 2.05) is 12.1 Å². The molecule has 0 fully saturated rings. The molecule has 3 rings (SSSR count). The molecule has 1 aromatic heterocycles. The van der Waals surface area contributed by atoms with Gasteiger partial charge in [0.25, 0.3) is 0 Å². The first-order valence-corrected chi connectivity index (χ1v) is 9.01. The summed E-state index contributed by atoms with van der Waals surface area (Å²) in [6, 6.07) is 5.95. The SMILES string of the molecule is CS(=O)(=O)CCN1CCc2c(ccc3[nH]c(C=O)cc23)C1. The molecule has 1 N–H and O–H groups in total. The van der Waals surface area contributed by atoms with Gasteiger partial charge < -0.3 is 4.98 Å². The van der Waals surface area contributed by atoms with Crippen molar-refractivity contribution in [3.63, 3.8) is 0 Å². The summed E-state index contributed by atoms with van der Waals surface area (Å²) in [6.07, 6.45) is 2.98. The zero-order valence-electron chi connectivity index (χ0n) is 11.9. The molecule has 112 valence electrons. The molecule has 0 saturated carbocycles. The second-order valence-electron chi connectivity index (χ2n) is 5.66. The molecule has 2 aromatic rings. The number of aldehydes is 1. The zero-order chi connectivity index (χ0) is 15.0. The summed E-state index contributed by atoms with van der Waals surface area (Å²) in [7, 11) is -2.92. The van der Waals surface area contributed by atoms with Crippen molar-refractivity contribution in [2.45, 2.75) is 13.0 Å². The third kappa shape index (κ3) is 3.01. The molecule has 0 aliphatic carbocycles. The van der Waals surface area contributed by atoms with E-state index in [1.54, 1.807) is 0 Å². The number of rotatable bonds is 4. The highest BCUT2D eigenvalue weighted by Crippen LogP contribution is 2.27. The lowest BCUT2D eigenvalue weighted by molar-refractivity contribution is 0.112. The highest BCUT2D eigenvalue weighted by molar-refractivity contribution is 7.90. The molecule has 1 aliphatic heterocycles. The molecule has 21 heavy (non-hydrogen) atoms. The van der Waals surface area contributed by atoms with Gasteiger partial charge in [-0.25, -0.2) is 8.42 Å². The first kappa shape index (κ1) is 14.3. The van der Waals surface area contributed by atoms with Gasteiger partial charge in [-0.3, -0.25) is 9.69 Å². The Morgan fingerprint density at radius 3 is 2.90 bits per heavy atom. The zero-order valence-corrected chi connectivity index (χ0v) is 12.7. The molecule has 0 unspecified atom stereocenters. The topological polar surface area (TPSA) is 70.2 Å². The number of nitrogens with one attached hydrogen (secondary N) is 1. The number of H-pyrrole nitrogens is 1. The maximum absolute atomic E-state index is 11.3. The van der Waals surface area contributed by atoms with Gasteiger partial charge in [0.05, 0.1) is 11.4 Å². The van der Waals surface area contributed by atoms with Crippen LogP contribution in [0.15, 0.2) is 18.2 Å². The summed E-state index contributed by atoms with van der Waals surface area (Å²) < 4.78 is 22.5. The Labute approximate surface area is 123 Å². The van der Waals surface area contributed by atoms with Crippen LogP contribution in [0.1, 0.15) is 21.6 Å². The molecule has 0 atom stereocenters. The maximum atomic E-state index is 11.3. The van der Waals surface area contributed by atoms with Crippen molar-refractivity contribution in [3.8, 4) is 0 Å². The lowest BCUT2D eigenvalue weighted by Gasteiger charge is -2.28. The Bertz CT molecular complexity index is 793. The van der Waals surface area contributed by atoms with Gasteiger partial charge in [0, 0.05) is 36.8 Å². The average Bonchev–Trinajstić information content (AvgIpc) is 2.87. The summed E-state index contributed by atoms with van der Waals surface area (Å²) in [5.74, 6) is 0.198. The molecular formula is C15H18N2O3S. The van der Waals surface area contributed by atoms with Crippen LogP contribution >= 0.6 is 0 Å². The van der Waals surface area contributed by atoms with Crippen molar-refractivity contribution in [2.75, 3.05) is 25.1 Å². The minimum atomic E-state index is -2.92. The van der Waals surface area contributed by atoms with Crippen molar-refractivity contribution >= 4 is 27.0 Å². The van der Waals surface area contributed by atoms with Crippen LogP contribution in [-0.4, -0.2) is 49.7 Å². The van der Waals surface area contributed by atoms with E-state index >= 15 is 0 Å². The van der Waals surface area contributed by atoms with E-state index in [-0.39, 0.29) is 5.75 Å². The number of fused-ring (bicyclic) bond motifs is 3. The molecular weight excluding hydrogens is 288 g/mol. The minimum Gasteiger partial charge on any atom is -0.352 e. The second-order valence-corrected chi connectivity index (χ2v) is 7.92. The number of hydrogen-bond acceptors (Lipinski definition) is 4. The fraction of sp³-hybridized carbons (Fsp3) is 0.400. The standard InChI is InChI=1S/C15H18N2O3S/c1-21(19,20)7-6-17-5-4-13-11(9-17)2-3-15-14(13)8-12(10-18)16-15/h2-3,8,10,16H,4-7,9H2,1H3. The molecule has 0 radical (unpaired) electrons. The molecule has 5 nitrogen and oxygen atoms in total. The number of carbonyl (C=O) groups is 1. The molecule has 0 bridgehead atoms. The van der Waals surface area contributed by atoms with Gasteiger partial charge in [0.15, 0.2) is 6.29 Å². The van der Waals surface area contributed by atoms with Crippen LogP contribution in [0.3, 0.4) is 0 Å². The van der Waals surface area contributed by atoms with Gasteiger partial charge in [-0.2, -0.15) is 0 Å². The van der Waals surface area contributed by atoms with Gasteiger partial charge in [-0.05, 0) is 29.7 Å². The molecule has 6 heteroatoms. The quantitative estimate of drug-likeness (QED) is 0.867. The Balaban J connectivity index is 1.85. The number of sulfone groups is 1. The van der Waals surface area contributed by atoms with Crippen molar-refractivity contribution < 1.29 is 13.2 Å². The highest BCUT2D eigenvalue weighted by atomic mass is 32.2. The van der Waals surface area contributed by atoms with Crippen LogP contribution < -0.4 is 0 Å². The van der Waals surface area contributed by atoms with Gasteiger partial charge in [0.2, 0.25) is 0 Å². The normalized spacial score (nSPS) is 16.0. The Morgan fingerprint density at radius 1 is 1.38 bits per heavy atom. The van der Waals surface area contributed by atoms with Gasteiger partial charge in [-0.15, -0.1) is 0 Å². The van der Waals surface area contributed by atoms with Crippen molar-refractivity contribution in [1.29, 1.82) is 0 Å². The van der Waals surface area contributed by atoms with Gasteiger partial charge in [0.1, 0.15) is 9.84 Å². The summed E-state index contributed by atoms with van der Waals surface area (Å²) in [4.78, 5) is 16.1. The van der Waals surface area contributed by atoms with Crippen molar-refractivity contribution in [2.24, 2.45) is 0 Å². The average molecular weight is 306 g/mol. The number of aromatic nitrogens is 1. The monoisotopic (exact) mass is 306 g/mol. The molecule has 0 spiro atoms. The molecule has 2 heterocycles. The summed E-state index contributed by atoms with van der Waals surface area (Å²) >= 11 is 0. The first-order chi connectivity index (χ1) is 9.96. The number of aromatic amines is 1. The van der Waals surface area contributed by atoms with E-state index in [4.69, 9.17) is 0 Å². The van der Waals surface area contributed by atoms with E-state index in [0.717, 1.165) is 36.7 Å². The van der Waals surface area contributed by atoms with E-state index in [0.29, 0.717) is 12.2 Å². The van der Waals surface area contributed by atoms with E-state index in [1.165, 1.54) is 17.4 Å². The molecule has 1 aliphatic rings. The lowest BCUT2D eigenvalue weighted by Crippen LogP contribution is -2.34. The summed E-state index contributed by atoms with van der Waals surface area (Å²) in [5.41, 5.74) is 4.07. The number of benzene rings is 1. The predicted molar refractivity (Wildman–Crippen MR) is 82.4 cm³/mol. The largest absolute Gasteiger partial charge is 0.352 e. The third-order valence-electron chi connectivity index (χ3n) is 4.01.